The van der Waals surface area contributed by atoms with E-state index in [9.17, 15) is 18.0 Å². The lowest BCUT2D eigenvalue weighted by Gasteiger charge is -2.19. The number of amides is 1. The summed E-state index contributed by atoms with van der Waals surface area (Å²) in [5.74, 6) is 0. The number of fused-ring (bicyclic) bond motifs is 1. The molecule has 2 heterocycles. The molecule has 178 valence electrons. The molecule has 0 radical (unpaired) electrons. The van der Waals surface area contributed by atoms with Crippen molar-refractivity contribution in [1.82, 2.24) is 25.1 Å². The van der Waals surface area contributed by atoms with E-state index < -0.39 is 23.4 Å². The Labute approximate surface area is 190 Å². The number of nitrogens with one attached hydrogen (secondary N) is 1. The molecular formula is C23H28F3N5O2. The van der Waals surface area contributed by atoms with Crippen LogP contribution in [0.1, 0.15) is 52.0 Å². The van der Waals surface area contributed by atoms with Crippen molar-refractivity contribution in [2.45, 2.75) is 64.8 Å². The summed E-state index contributed by atoms with van der Waals surface area (Å²) in [7, 11) is 0. The Hall–Kier alpha value is -3.17. The SMILES string of the molecule is CC(C)(C)OC(=O)NCCCCCCn1cc(-c2cnc3cccc(C(F)(F)F)c3n2)cn1. The maximum atomic E-state index is 13.3. The number of hydrogen-bond donors (Lipinski definition) is 1. The molecular weight excluding hydrogens is 435 g/mol. The first-order chi connectivity index (χ1) is 15.5. The number of unbranched alkanes of at least 4 members (excludes halogenated alkanes) is 3. The number of para-hydroxylation sites is 1. The molecule has 2 aromatic heterocycles. The van der Waals surface area contributed by atoms with Gasteiger partial charge in [-0.2, -0.15) is 18.3 Å². The van der Waals surface area contributed by atoms with E-state index in [0.29, 0.717) is 24.3 Å². The normalized spacial score (nSPS) is 12.2. The second-order valence-corrected chi connectivity index (χ2v) is 8.76. The summed E-state index contributed by atoms with van der Waals surface area (Å²) in [6.07, 6.45) is 3.52. The predicted molar refractivity (Wildman–Crippen MR) is 118 cm³/mol. The van der Waals surface area contributed by atoms with Gasteiger partial charge < -0.3 is 10.1 Å². The van der Waals surface area contributed by atoms with Crippen LogP contribution in [0.15, 0.2) is 36.8 Å². The third-order valence-electron chi connectivity index (χ3n) is 4.79. The van der Waals surface area contributed by atoms with E-state index in [2.05, 4.69) is 20.4 Å². The molecule has 0 bridgehead atoms. The van der Waals surface area contributed by atoms with Crippen molar-refractivity contribution in [3.8, 4) is 11.3 Å². The number of benzene rings is 1. The average Bonchev–Trinajstić information content (AvgIpc) is 3.19. The monoisotopic (exact) mass is 463 g/mol. The highest BCUT2D eigenvalue weighted by Crippen LogP contribution is 2.34. The number of ether oxygens (including phenoxy) is 1. The zero-order valence-electron chi connectivity index (χ0n) is 18.9. The molecule has 0 spiro atoms. The minimum Gasteiger partial charge on any atom is -0.444 e. The average molecular weight is 464 g/mol. The van der Waals surface area contributed by atoms with Crippen LogP contribution in [0.2, 0.25) is 0 Å². The van der Waals surface area contributed by atoms with Crippen LogP contribution in [-0.4, -0.2) is 38.0 Å². The van der Waals surface area contributed by atoms with Gasteiger partial charge in [-0.25, -0.2) is 9.78 Å². The van der Waals surface area contributed by atoms with Crippen LogP contribution in [0.5, 0.6) is 0 Å². The zero-order valence-corrected chi connectivity index (χ0v) is 18.9. The summed E-state index contributed by atoms with van der Waals surface area (Å²) >= 11 is 0. The summed E-state index contributed by atoms with van der Waals surface area (Å²) in [4.78, 5) is 19.9. The molecule has 0 aliphatic carbocycles. The molecule has 0 saturated heterocycles. The van der Waals surface area contributed by atoms with Crippen LogP contribution < -0.4 is 5.32 Å². The number of carbonyl (C=O) groups excluding carboxylic acids is 1. The van der Waals surface area contributed by atoms with Gasteiger partial charge in [-0.1, -0.05) is 18.9 Å². The number of alkyl carbamates (subject to hydrolysis) is 1. The van der Waals surface area contributed by atoms with Crippen molar-refractivity contribution < 1.29 is 22.7 Å². The van der Waals surface area contributed by atoms with E-state index in [1.165, 1.54) is 18.3 Å². The fourth-order valence-corrected chi connectivity index (χ4v) is 3.28. The van der Waals surface area contributed by atoms with Gasteiger partial charge in [0.15, 0.2) is 0 Å². The Balaban J connectivity index is 1.49. The molecule has 0 atom stereocenters. The second-order valence-electron chi connectivity index (χ2n) is 8.76. The molecule has 10 heteroatoms. The lowest BCUT2D eigenvalue weighted by atomic mass is 10.1. The van der Waals surface area contributed by atoms with Gasteiger partial charge in [0.1, 0.15) is 11.1 Å². The highest BCUT2D eigenvalue weighted by atomic mass is 19.4. The molecule has 0 saturated carbocycles. The Kier molecular flexibility index (Phi) is 7.55. The molecule has 1 N–H and O–H groups in total. The van der Waals surface area contributed by atoms with Crippen molar-refractivity contribution in [2.75, 3.05) is 6.54 Å². The fourth-order valence-electron chi connectivity index (χ4n) is 3.28. The topological polar surface area (TPSA) is 81.9 Å². The van der Waals surface area contributed by atoms with E-state index in [1.807, 2.05) is 20.8 Å². The quantitative estimate of drug-likeness (QED) is 0.440. The van der Waals surface area contributed by atoms with Gasteiger partial charge in [-0.15, -0.1) is 0 Å². The lowest BCUT2D eigenvalue weighted by molar-refractivity contribution is -0.136. The second kappa shape index (κ2) is 10.2. The largest absolute Gasteiger partial charge is 0.444 e. The molecule has 0 fully saturated rings. The van der Waals surface area contributed by atoms with Crippen molar-refractivity contribution >= 4 is 17.1 Å². The van der Waals surface area contributed by atoms with Crippen LogP contribution in [0.25, 0.3) is 22.3 Å². The maximum Gasteiger partial charge on any atom is 0.418 e. The van der Waals surface area contributed by atoms with E-state index in [-0.39, 0.29) is 11.0 Å². The van der Waals surface area contributed by atoms with Crippen LogP contribution in [0.3, 0.4) is 0 Å². The number of carbonyl (C=O) groups is 1. The Morgan fingerprint density at radius 2 is 1.85 bits per heavy atom. The Morgan fingerprint density at radius 3 is 2.58 bits per heavy atom. The van der Waals surface area contributed by atoms with Crippen molar-refractivity contribution in [2.24, 2.45) is 0 Å². The minimum absolute atomic E-state index is 0.171. The van der Waals surface area contributed by atoms with Crippen LogP contribution in [-0.2, 0) is 17.5 Å². The third-order valence-corrected chi connectivity index (χ3v) is 4.79. The zero-order chi connectivity index (χ0) is 24.1. The number of nitrogens with zero attached hydrogens (tertiary/aromatic N) is 4. The Morgan fingerprint density at radius 1 is 1.09 bits per heavy atom. The molecule has 1 amide bonds. The van der Waals surface area contributed by atoms with Crippen molar-refractivity contribution in [1.29, 1.82) is 0 Å². The van der Waals surface area contributed by atoms with Gasteiger partial charge in [0.25, 0.3) is 0 Å². The first-order valence-corrected chi connectivity index (χ1v) is 10.9. The van der Waals surface area contributed by atoms with Crippen LogP contribution >= 0.6 is 0 Å². The maximum absolute atomic E-state index is 13.3. The Bertz CT molecular complexity index is 1090. The molecule has 0 aliphatic heterocycles. The van der Waals surface area contributed by atoms with Gasteiger partial charge in [0.2, 0.25) is 0 Å². The van der Waals surface area contributed by atoms with E-state index in [0.717, 1.165) is 31.7 Å². The van der Waals surface area contributed by atoms with Gasteiger partial charge in [0, 0.05) is 24.8 Å². The van der Waals surface area contributed by atoms with Crippen molar-refractivity contribution in [3.05, 3.63) is 42.4 Å². The van der Waals surface area contributed by atoms with Crippen LogP contribution in [0, 0.1) is 0 Å². The van der Waals surface area contributed by atoms with Crippen LogP contribution in [0.4, 0.5) is 18.0 Å². The smallest absolute Gasteiger partial charge is 0.418 e. The number of aryl methyl sites for hydroxylation is 1. The van der Waals surface area contributed by atoms with E-state index >= 15 is 0 Å². The summed E-state index contributed by atoms with van der Waals surface area (Å²) in [6.45, 7) is 6.69. The molecule has 0 aliphatic rings. The molecule has 7 nitrogen and oxygen atoms in total. The fraction of sp³-hybridized carbons (Fsp3) is 0.478. The number of halogens is 3. The highest BCUT2D eigenvalue weighted by Gasteiger charge is 2.33. The molecule has 0 unspecified atom stereocenters. The summed E-state index contributed by atoms with van der Waals surface area (Å²) in [5, 5.41) is 7.02. The van der Waals surface area contributed by atoms with Gasteiger partial charge in [-0.3, -0.25) is 9.67 Å². The molecule has 3 aromatic rings. The summed E-state index contributed by atoms with van der Waals surface area (Å²) < 4.78 is 46.8. The molecule has 1 aromatic carbocycles. The van der Waals surface area contributed by atoms with E-state index in [4.69, 9.17) is 4.74 Å². The number of aromatic nitrogens is 4. The minimum atomic E-state index is -4.50. The molecule has 33 heavy (non-hydrogen) atoms. The number of hydrogen-bond acceptors (Lipinski definition) is 5. The molecule has 3 rings (SSSR count). The first kappa shape index (κ1) is 24.5. The van der Waals surface area contributed by atoms with Crippen molar-refractivity contribution in [3.63, 3.8) is 0 Å². The summed E-state index contributed by atoms with van der Waals surface area (Å²) in [5.41, 5.74) is -0.326. The van der Waals surface area contributed by atoms with E-state index in [1.54, 1.807) is 17.1 Å². The first-order valence-electron chi connectivity index (χ1n) is 10.9. The van der Waals surface area contributed by atoms with Gasteiger partial charge >= 0.3 is 12.3 Å². The third kappa shape index (κ3) is 7.16. The standard InChI is InChI=1S/C23H28F3N5O2/c1-22(2,3)33-21(32)27-11-6-4-5-7-12-31-15-16(13-29-31)19-14-28-18-10-8-9-17(20(18)30-19)23(24,25)26/h8-10,13-15H,4-7,11-12H2,1-3H3,(H,27,32). The predicted octanol–water partition coefficient (Wildman–Crippen LogP) is 5.60. The number of alkyl halides is 3. The highest BCUT2D eigenvalue weighted by molar-refractivity contribution is 5.80. The summed E-state index contributed by atoms with van der Waals surface area (Å²) in [6, 6.07) is 3.84. The van der Waals surface area contributed by atoms with Gasteiger partial charge in [-0.05, 0) is 45.7 Å². The number of rotatable bonds is 8. The lowest BCUT2D eigenvalue weighted by Crippen LogP contribution is -2.32. The van der Waals surface area contributed by atoms with Gasteiger partial charge in [0.05, 0.1) is 29.2 Å².